The third kappa shape index (κ3) is 5.70. The molecule has 0 fully saturated rings. The van der Waals surface area contributed by atoms with Crippen molar-refractivity contribution in [1.29, 1.82) is 0 Å². The number of nitrogens with one attached hydrogen (secondary N) is 1. The molecule has 5 nitrogen and oxygen atoms in total. The second-order valence-electron chi connectivity index (χ2n) is 5.08. The van der Waals surface area contributed by atoms with E-state index in [1.807, 2.05) is 42.5 Å². The zero-order valence-corrected chi connectivity index (χ0v) is 14.8. The summed E-state index contributed by atoms with van der Waals surface area (Å²) in [5.41, 5.74) is 0.932. The lowest BCUT2D eigenvalue weighted by Crippen LogP contribution is -2.44. The number of halogens is 1. The zero-order valence-electron chi connectivity index (χ0n) is 13.2. The monoisotopic (exact) mass is 391 g/mol. The molecule has 0 aromatic heterocycles. The van der Waals surface area contributed by atoms with Crippen LogP contribution in [0.3, 0.4) is 0 Å². The number of hydrogen-bond acceptors (Lipinski definition) is 4. The smallest absolute Gasteiger partial charge is 0.328 e. The van der Waals surface area contributed by atoms with Gasteiger partial charge < -0.3 is 14.8 Å². The first-order chi connectivity index (χ1) is 11.6. The molecule has 0 unspecified atom stereocenters. The van der Waals surface area contributed by atoms with Crippen molar-refractivity contribution in [2.24, 2.45) is 0 Å². The summed E-state index contributed by atoms with van der Waals surface area (Å²) in [6.07, 6.45) is 0.359. The summed E-state index contributed by atoms with van der Waals surface area (Å²) in [6.45, 7) is -0.177. The molecule has 1 atom stereocenters. The predicted molar refractivity (Wildman–Crippen MR) is 93.7 cm³/mol. The molecule has 2 aromatic rings. The van der Waals surface area contributed by atoms with Gasteiger partial charge >= 0.3 is 5.97 Å². The highest BCUT2D eigenvalue weighted by atomic mass is 79.9. The van der Waals surface area contributed by atoms with E-state index < -0.39 is 12.0 Å². The van der Waals surface area contributed by atoms with Crippen molar-refractivity contribution in [3.63, 3.8) is 0 Å². The Hall–Kier alpha value is -2.34. The van der Waals surface area contributed by atoms with Crippen LogP contribution in [-0.4, -0.2) is 31.6 Å². The molecule has 0 aliphatic heterocycles. The highest BCUT2D eigenvalue weighted by Gasteiger charge is 2.22. The van der Waals surface area contributed by atoms with E-state index in [9.17, 15) is 9.59 Å². The van der Waals surface area contributed by atoms with Crippen LogP contribution in [0, 0.1) is 0 Å². The van der Waals surface area contributed by atoms with Gasteiger partial charge in [-0.15, -0.1) is 0 Å². The van der Waals surface area contributed by atoms with Crippen LogP contribution in [0.15, 0.2) is 59.1 Å². The molecule has 0 saturated heterocycles. The van der Waals surface area contributed by atoms with Gasteiger partial charge in [-0.1, -0.05) is 46.3 Å². The van der Waals surface area contributed by atoms with Gasteiger partial charge in [0.2, 0.25) is 0 Å². The molecule has 1 amide bonds. The van der Waals surface area contributed by atoms with Gasteiger partial charge in [0.1, 0.15) is 11.8 Å². The van der Waals surface area contributed by atoms with Crippen molar-refractivity contribution in [2.45, 2.75) is 12.5 Å². The second kappa shape index (κ2) is 9.08. The molecule has 24 heavy (non-hydrogen) atoms. The SMILES string of the molecule is COC(=O)[C@H](Cc1ccccc1)NC(=O)COc1ccc(Br)cc1. The largest absolute Gasteiger partial charge is 0.484 e. The van der Waals surface area contributed by atoms with Crippen molar-refractivity contribution >= 4 is 27.8 Å². The number of amides is 1. The maximum absolute atomic E-state index is 12.1. The third-order valence-corrected chi connectivity index (χ3v) is 3.82. The Kier molecular flexibility index (Phi) is 6.81. The van der Waals surface area contributed by atoms with Crippen LogP contribution in [0.4, 0.5) is 0 Å². The summed E-state index contributed by atoms with van der Waals surface area (Å²) < 4.78 is 11.1. The molecule has 2 aromatic carbocycles. The van der Waals surface area contributed by atoms with Crippen LogP contribution < -0.4 is 10.1 Å². The molecule has 126 valence electrons. The number of esters is 1. The van der Waals surface area contributed by atoms with E-state index >= 15 is 0 Å². The topological polar surface area (TPSA) is 64.6 Å². The van der Waals surface area contributed by atoms with E-state index in [1.54, 1.807) is 12.1 Å². The Morgan fingerprint density at radius 1 is 1.08 bits per heavy atom. The average Bonchev–Trinajstić information content (AvgIpc) is 2.61. The van der Waals surface area contributed by atoms with Crippen molar-refractivity contribution in [2.75, 3.05) is 13.7 Å². The van der Waals surface area contributed by atoms with E-state index in [0.717, 1.165) is 10.0 Å². The van der Waals surface area contributed by atoms with Crippen LogP contribution >= 0.6 is 15.9 Å². The van der Waals surface area contributed by atoms with E-state index in [0.29, 0.717) is 12.2 Å². The molecule has 6 heteroatoms. The maximum Gasteiger partial charge on any atom is 0.328 e. The lowest BCUT2D eigenvalue weighted by molar-refractivity contribution is -0.145. The van der Waals surface area contributed by atoms with E-state index in [4.69, 9.17) is 9.47 Å². The number of carbonyl (C=O) groups is 2. The minimum atomic E-state index is -0.751. The van der Waals surface area contributed by atoms with Crippen LogP contribution in [0.5, 0.6) is 5.75 Å². The van der Waals surface area contributed by atoms with E-state index in [2.05, 4.69) is 21.2 Å². The fourth-order valence-corrected chi connectivity index (χ4v) is 2.37. The quantitative estimate of drug-likeness (QED) is 0.736. The van der Waals surface area contributed by atoms with Gasteiger partial charge in [0.25, 0.3) is 5.91 Å². The molecule has 0 spiro atoms. The normalized spacial score (nSPS) is 11.4. The first-order valence-corrected chi connectivity index (χ1v) is 8.17. The van der Waals surface area contributed by atoms with Gasteiger partial charge in [0.05, 0.1) is 7.11 Å². The summed E-state index contributed by atoms with van der Waals surface area (Å²) in [5.74, 6) is -0.300. The van der Waals surface area contributed by atoms with Gasteiger partial charge in [0.15, 0.2) is 6.61 Å². The Morgan fingerprint density at radius 2 is 1.75 bits per heavy atom. The number of hydrogen-bond donors (Lipinski definition) is 1. The Balaban J connectivity index is 1.91. The third-order valence-electron chi connectivity index (χ3n) is 3.29. The summed E-state index contributed by atoms with van der Waals surface area (Å²) in [6, 6.07) is 15.8. The molecular formula is C18H18BrNO4. The van der Waals surface area contributed by atoms with Crippen LogP contribution in [0.2, 0.25) is 0 Å². The Labute approximate surface area is 149 Å². The molecule has 2 rings (SSSR count). The standard InChI is InChI=1S/C18H18BrNO4/c1-23-18(22)16(11-13-5-3-2-4-6-13)20-17(21)12-24-15-9-7-14(19)8-10-15/h2-10,16H,11-12H2,1H3,(H,20,21)/t16-/m0/s1. The summed E-state index contributed by atoms with van der Waals surface area (Å²) in [4.78, 5) is 23.9. The molecule has 0 heterocycles. The molecule has 0 bridgehead atoms. The van der Waals surface area contributed by atoms with Crippen LogP contribution in [0.1, 0.15) is 5.56 Å². The van der Waals surface area contributed by atoms with Crippen molar-refractivity contribution < 1.29 is 19.1 Å². The van der Waals surface area contributed by atoms with E-state index in [1.165, 1.54) is 7.11 Å². The fourth-order valence-electron chi connectivity index (χ4n) is 2.10. The molecule has 0 aliphatic carbocycles. The van der Waals surface area contributed by atoms with Gasteiger partial charge in [-0.25, -0.2) is 4.79 Å². The molecule has 0 aliphatic rings. The van der Waals surface area contributed by atoms with Gasteiger partial charge in [-0.3, -0.25) is 4.79 Å². The number of carbonyl (C=O) groups excluding carboxylic acids is 2. The predicted octanol–water partition coefficient (Wildman–Crippen LogP) is 2.73. The maximum atomic E-state index is 12.1. The van der Waals surface area contributed by atoms with Gasteiger partial charge in [-0.2, -0.15) is 0 Å². The lowest BCUT2D eigenvalue weighted by Gasteiger charge is -2.17. The number of benzene rings is 2. The van der Waals surface area contributed by atoms with Crippen molar-refractivity contribution in [3.8, 4) is 5.75 Å². The average molecular weight is 392 g/mol. The van der Waals surface area contributed by atoms with Gasteiger partial charge in [-0.05, 0) is 29.8 Å². The number of ether oxygens (including phenoxy) is 2. The molecule has 1 N–H and O–H groups in total. The minimum absolute atomic E-state index is 0.177. The summed E-state index contributed by atoms with van der Waals surface area (Å²) in [5, 5.41) is 2.65. The number of rotatable bonds is 7. The van der Waals surface area contributed by atoms with Crippen LogP contribution in [0.25, 0.3) is 0 Å². The summed E-state index contributed by atoms with van der Waals surface area (Å²) >= 11 is 3.33. The molecule has 0 radical (unpaired) electrons. The van der Waals surface area contributed by atoms with Crippen molar-refractivity contribution in [1.82, 2.24) is 5.32 Å². The number of methoxy groups -OCH3 is 1. The first-order valence-electron chi connectivity index (χ1n) is 7.38. The lowest BCUT2D eigenvalue weighted by atomic mass is 10.1. The fraction of sp³-hybridized carbons (Fsp3) is 0.222. The highest BCUT2D eigenvalue weighted by molar-refractivity contribution is 9.10. The van der Waals surface area contributed by atoms with Gasteiger partial charge in [0, 0.05) is 10.9 Å². The first kappa shape index (κ1) is 18.0. The van der Waals surface area contributed by atoms with Crippen LogP contribution in [-0.2, 0) is 20.7 Å². The zero-order chi connectivity index (χ0) is 17.4. The molecule has 0 saturated carbocycles. The highest BCUT2D eigenvalue weighted by Crippen LogP contribution is 2.15. The molecular weight excluding hydrogens is 374 g/mol. The Bertz CT molecular complexity index is 673. The minimum Gasteiger partial charge on any atom is -0.484 e. The van der Waals surface area contributed by atoms with Crippen molar-refractivity contribution in [3.05, 3.63) is 64.6 Å². The Morgan fingerprint density at radius 3 is 2.38 bits per heavy atom. The summed E-state index contributed by atoms with van der Waals surface area (Å²) in [7, 11) is 1.30. The second-order valence-corrected chi connectivity index (χ2v) is 5.99. The van der Waals surface area contributed by atoms with E-state index in [-0.39, 0.29) is 12.5 Å².